The summed E-state index contributed by atoms with van der Waals surface area (Å²) in [5, 5.41) is 14.4. The number of para-hydroxylation sites is 1. The van der Waals surface area contributed by atoms with Crippen LogP contribution in [0.4, 0.5) is 11.8 Å². The lowest BCUT2D eigenvalue weighted by Crippen LogP contribution is -2.31. The van der Waals surface area contributed by atoms with Crippen LogP contribution in [0, 0.1) is 6.92 Å². The van der Waals surface area contributed by atoms with E-state index >= 15 is 0 Å². The highest BCUT2D eigenvalue weighted by Gasteiger charge is 2.26. The minimum Gasteiger partial charge on any atom is -0.392 e. The van der Waals surface area contributed by atoms with Crippen molar-refractivity contribution in [3.63, 3.8) is 0 Å². The Hall–Kier alpha value is -3.13. The number of aliphatic hydroxyl groups excluding tert-OH is 1. The van der Waals surface area contributed by atoms with Gasteiger partial charge in [-0.1, -0.05) is 59.8 Å². The van der Waals surface area contributed by atoms with E-state index in [1.165, 1.54) is 11.1 Å². The summed E-state index contributed by atoms with van der Waals surface area (Å²) in [7, 11) is 4.30. The molecule has 2 heterocycles. The highest BCUT2D eigenvalue weighted by atomic mass is 32.2. The van der Waals surface area contributed by atoms with Crippen molar-refractivity contribution in [2.45, 2.75) is 42.3 Å². The van der Waals surface area contributed by atoms with Crippen molar-refractivity contribution < 1.29 is 5.11 Å². The lowest BCUT2D eigenvalue weighted by molar-refractivity contribution is 0.279. The van der Waals surface area contributed by atoms with E-state index in [0.717, 1.165) is 51.6 Å². The lowest BCUT2D eigenvalue weighted by Gasteiger charge is -2.22. The average molecular weight is 500 g/mol. The zero-order valence-corrected chi connectivity index (χ0v) is 21.9. The Bertz CT molecular complexity index is 1360. The van der Waals surface area contributed by atoms with Crippen LogP contribution < -0.4 is 10.2 Å². The van der Waals surface area contributed by atoms with Crippen LogP contribution in [-0.4, -0.2) is 53.2 Å². The molecule has 1 aromatic heterocycles. The standard InChI is InChI=1S/C29H33N5OS/c1-20-12-13-27(36-26-11-7-4-8-21(26)19-35)22(16-20)17-30-29-31-25-10-6-5-9-24(25)28(32-29)34-15-14-23(18-34)33(2)3/h4-13,16,23,35H,14-15,17-19H2,1-3H3,(H,30,31,32)/t23-/m1/s1. The second-order valence-electron chi connectivity index (χ2n) is 9.57. The van der Waals surface area contributed by atoms with Gasteiger partial charge in [0.2, 0.25) is 5.95 Å². The first-order chi connectivity index (χ1) is 17.5. The first kappa shape index (κ1) is 24.6. The van der Waals surface area contributed by atoms with Crippen molar-refractivity contribution in [1.82, 2.24) is 14.9 Å². The SMILES string of the molecule is Cc1ccc(Sc2ccccc2CO)c(CNc2nc(N3CC[C@@H](N(C)C)C3)c3ccccc3n2)c1. The Morgan fingerprint density at radius 2 is 1.78 bits per heavy atom. The van der Waals surface area contributed by atoms with Gasteiger partial charge in [-0.05, 0) is 62.8 Å². The summed E-state index contributed by atoms with van der Waals surface area (Å²) in [5.41, 5.74) is 4.28. The number of nitrogens with one attached hydrogen (secondary N) is 1. The molecule has 0 amide bonds. The van der Waals surface area contributed by atoms with E-state index in [0.29, 0.717) is 18.5 Å². The zero-order chi connectivity index (χ0) is 25.1. The second-order valence-corrected chi connectivity index (χ2v) is 10.7. The van der Waals surface area contributed by atoms with Gasteiger partial charge in [0.05, 0.1) is 12.1 Å². The fraction of sp³-hybridized carbons (Fsp3) is 0.310. The maximum atomic E-state index is 9.76. The summed E-state index contributed by atoms with van der Waals surface area (Å²) in [6.45, 7) is 4.71. The molecule has 2 N–H and O–H groups in total. The van der Waals surface area contributed by atoms with Gasteiger partial charge in [-0.25, -0.2) is 4.98 Å². The molecule has 0 radical (unpaired) electrons. The summed E-state index contributed by atoms with van der Waals surface area (Å²) in [6.07, 6.45) is 1.13. The van der Waals surface area contributed by atoms with Gasteiger partial charge in [-0.2, -0.15) is 4.98 Å². The number of aromatic nitrogens is 2. The van der Waals surface area contributed by atoms with Gasteiger partial charge < -0.3 is 20.2 Å². The molecule has 0 aliphatic carbocycles. The highest BCUT2D eigenvalue weighted by Crippen LogP contribution is 2.34. The van der Waals surface area contributed by atoms with E-state index in [9.17, 15) is 5.11 Å². The fourth-order valence-electron chi connectivity index (χ4n) is 4.71. The Morgan fingerprint density at radius 1 is 1.00 bits per heavy atom. The molecule has 6 nitrogen and oxygen atoms in total. The first-order valence-corrected chi connectivity index (χ1v) is 13.2. The third kappa shape index (κ3) is 5.33. The van der Waals surface area contributed by atoms with Crippen LogP contribution in [0.2, 0.25) is 0 Å². The Labute approximate surface area is 217 Å². The molecule has 3 aromatic carbocycles. The molecule has 0 unspecified atom stereocenters. The quantitative estimate of drug-likeness (QED) is 0.340. The first-order valence-electron chi connectivity index (χ1n) is 12.4. The molecule has 36 heavy (non-hydrogen) atoms. The molecule has 1 aliphatic rings. The molecule has 1 atom stereocenters. The minimum atomic E-state index is 0.0293. The number of aryl methyl sites for hydroxylation is 1. The van der Waals surface area contributed by atoms with Crippen molar-refractivity contribution in [3.05, 3.63) is 83.4 Å². The van der Waals surface area contributed by atoms with Crippen LogP contribution in [0.3, 0.4) is 0 Å². The molecular weight excluding hydrogens is 466 g/mol. The van der Waals surface area contributed by atoms with Crippen molar-refractivity contribution in [3.8, 4) is 0 Å². The number of hydrogen-bond donors (Lipinski definition) is 2. The molecule has 1 aliphatic heterocycles. The Morgan fingerprint density at radius 3 is 2.58 bits per heavy atom. The van der Waals surface area contributed by atoms with E-state index in [4.69, 9.17) is 9.97 Å². The van der Waals surface area contributed by atoms with Gasteiger partial charge in [-0.3, -0.25) is 0 Å². The number of benzene rings is 3. The van der Waals surface area contributed by atoms with Crippen LogP contribution in [0.1, 0.15) is 23.1 Å². The van der Waals surface area contributed by atoms with Crippen LogP contribution in [0.15, 0.2) is 76.5 Å². The maximum absolute atomic E-state index is 9.76. The smallest absolute Gasteiger partial charge is 0.225 e. The normalized spacial score (nSPS) is 15.7. The van der Waals surface area contributed by atoms with E-state index in [2.05, 4.69) is 78.6 Å². The second kappa shape index (κ2) is 10.9. The molecule has 0 saturated carbocycles. The minimum absolute atomic E-state index is 0.0293. The van der Waals surface area contributed by atoms with Crippen molar-refractivity contribution >= 4 is 34.4 Å². The van der Waals surface area contributed by atoms with E-state index < -0.39 is 0 Å². The molecule has 1 fully saturated rings. The summed E-state index contributed by atoms with van der Waals surface area (Å²) in [4.78, 5) is 16.8. The molecule has 186 valence electrons. The third-order valence-electron chi connectivity index (χ3n) is 6.79. The topological polar surface area (TPSA) is 64.5 Å². The van der Waals surface area contributed by atoms with Gasteiger partial charge in [-0.15, -0.1) is 0 Å². The van der Waals surface area contributed by atoms with Gasteiger partial charge in [0, 0.05) is 40.9 Å². The van der Waals surface area contributed by atoms with Crippen LogP contribution in [0.25, 0.3) is 10.9 Å². The summed E-state index contributed by atoms with van der Waals surface area (Å²) in [6, 6.07) is 23.3. The van der Waals surface area contributed by atoms with Gasteiger partial charge in [0.25, 0.3) is 0 Å². The van der Waals surface area contributed by atoms with Gasteiger partial charge in [0.15, 0.2) is 0 Å². The summed E-state index contributed by atoms with van der Waals surface area (Å²) >= 11 is 1.68. The Balaban J connectivity index is 1.42. The fourth-order valence-corrected chi connectivity index (χ4v) is 5.75. The van der Waals surface area contributed by atoms with Crippen molar-refractivity contribution in [1.29, 1.82) is 0 Å². The van der Waals surface area contributed by atoms with Gasteiger partial charge in [0.1, 0.15) is 5.82 Å². The predicted molar refractivity (Wildman–Crippen MR) is 149 cm³/mol. The van der Waals surface area contributed by atoms with Crippen molar-refractivity contribution in [2.75, 3.05) is 37.4 Å². The van der Waals surface area contributed by atoms with Crippen LogP contribution >= 0.6 is 11.8 Å². The third-order valence-corrected chi connectivity index (χ3v) is 8.03. The number of hydrogen-bond acceptors (Lipinski definition) is 7. The largest absolute Gasteiger partial charge is 0.392 e. The molecule has 4 aromatic rings. The monoisotopic (exact) mass is 499 g/mol. The number of nitrogens with zero attached hydrogens (tertiary/aromatic N) is 4. The highest BCUT2D eigenvalue weighted by molar-refractivity contribution is 7.99. The van der Waals surface area contributed by atoms with E-state index in [1.54, 1.807) is 11.8 Å². The average Bonchev–Trinajstić information content (AvgIpc) is 3.39. The number of aliphatic hydroxyl groups is 1. The van der Waals surface area contributed by atoms with E-state index in [-0.39, 0.29) is 6.61 Å². The van der Waals surface area contributed by atoms with Crippen molar-refractivity contribution in [2.24, 2.45) is 0 Å². The number of likely N-dealkylation sites (N-methyl/N-ethyl adjacent to an activating group) is 1. The molecular formula is C29H33N5OS. The van der Waals surface area contributed by atoms with Crippen LogP contribution in [0.5, 0.6) is 0 Å². The summed E-state index contributed by atoms with van der Waals surface area (Å²) < 4.78 is 0. The maximum Gasteiger partial charge on any atom is 0.225 e. The predicted octanol–water partition coefficient (Wildman–Crippen LogP) is 5.33. The number of fused-ring (bicyclic) bond motifs is 1. The van der Waals surface area contributed by atoms with Gasteiger partial charge >= 0.3 is 0 Å². The number of rotatable bonds is 8. The zero-order valence-electron chi connectivity index (χ0n) is 21.1. The van der Waals surface area contributed by atoms with E-state index in [1.807, 2.05) is 24.3 Å². The molecule has 0 bridgehead atoms. The molecule has 7 heteroatoms. The molecule has 5 rings (SSSR count). The Kier molecular flexibility index (Phi) is 7.41. The number of anilines is 2. The summed E-state index contributed by atoms with van der Waals surface area (Å²) in [5.74, 6) is 1.65. The molecule has 1 saturated heterocycles. The van der Waals surface area contributed by atoms with Crippen LogP contribution in [-0.2, 0) is 13.2 Å². The lowest BCUT2D eigenvalue weighted by atomic mass is 10.1. The molecule has 0 spiro atoms.